The number of rotatable bonds is 9. The number of benzene rings is 2. The Morgan fingerprint density at radius 2 is 1.29 bits per heavy atom. The molecule has 4 aromatic rings. The first-order valence-electron chi connectivity index (χ1n) is 17.0. The molecule has 8 rings (SSSR count). The zero-order valence-corrected chi connectivity index (χ0v) is 28.2. The normalized spacial score (nSPS) is 18.8. The van der Waals surface area contributed by atoms with Crippen LogP contribution in [0.1, 0.15) is 11.1 Å². The largest absolute Gasteiger partial charge is 0.508 e. The van der Waals surface area contributed by atoms with Crippen molar-refractivity contribution in [3.8, 4) is 45.8 Å². The highest BCUT2D eigenvalue weighted by Gasteiger charge is 2.23. The summed E-state index contributed by atoms with van der Waals surface area (Å²) in [5.41, 5.74) is 4.99. The van der Waals surface area contributed by atoms with Gasteiger partial charge < -0.3 is 38.3 Å². The van der Waals surface area contributed by atoms with Gasteiger partial charge in [-0.3, -0.25) is 9.13 Å². The zero-order chi connectivity index (χ0) is 35.2. The molecule has 268 valence electrons. The maximum Gasteiger partial charge on any atom is 0.351 e. The predicted molar refractivity (Wildman–Crippen MR) is 185 cm³/mol. The minimum atomic E-state index is -0.331. The Balaban J connectivity index is 0.000000160. The van der Waals surface area contributed by atoms with Crippen LogP contribution in [0.4, 0.5) is 0 Å². The number of phenols is 1. The second kappa shape index (κ2) is 15.9. The van der Waals surface area contributed by atoms with Crippen LogP contribution < -0.4 is 25.6 Å². The molecule has 4 aliphatic rings. The smallest absolute Gasteiger partial charge is 0.351 e. The van der Waals surface area contributed by atoms with Crippen LogP contribution in [0.5, 0.6) is 23.3 Å². The number of phenolic OH excluding ortho intramolecular Hbond substituents is 1. The molecule has 2 fully saturated rings. The van der Waals surface area contributed by atoms with Gasteiger partial charge in [-0.2, -0.15) is 9.97 Å². The second-order valence-corrected chi connectivity index (χ2v) is 12.3. The molecule has 51 heavy (non-hydrogen) atoms. The van der Waals surface area contributed by atoms with Crippen LogP contribution in [0.15, 0.2) is 70.8 Å². The van der Waals surface area contributed by atoms with Crippen molar-refractivity contribution in [2.24, 2.45) is 0 Å². The molecular formula is C37H40N4O10. The van der Waals surface area contributed by atoms with E-state index in [0.29, 0.717) is 84.9 Å². The third-order valence-corrected chi connectivity index (χ3v) is 8.87. The number of nitrogens with zero attached hydrogens (tertiary/aromatic N) is 4. The summed E-state index contributed by atoms with van der Waals surface area (Å²) in [7, 11) is 0. The third-order valence-electron chi connectivity index (χ3n) is 8.87. The van der Waals surface area contributed by atoms with Gasteiger partial charge in [-0.25, -0.2) is 9.59 Å². The van der Waals surface area contributed by atoms with E-state index in [2.05, 4.69) is 16.5 Å². The monoisotopic (exact) mass is 700 g/mol. The molecule has 6 heterocycles. The number of aromatic hydroxyl groups is 1. The van der Waals surface area contributed by atoms with E-state index in [1.54, 1.807) is 33.4 Å². The van der Waals surface area contributed by atoms with E-state index in [9.17, 15) is 14.7 Å². The first-order chi connectivity index (χ1) is 24.9. The Morgan fingerprint density at radius 1 is 0.745 bits per heavy atom. The van der Waals surface area contributed by atoms with E-state index in [-0.39, 0.29) is 35.2 Å². The molecule has 0 spiro atoms. The Morgan fingerprint density at radius 3 is 1.82 bits per heavy atom. The fourth-order valence-corrected chi connectivity index (χ4v) is 6.39. The fourth-order valence-electron chi connectivity index (χ4n) is 6.39. The van der Waals surface area contributed by atoms with Gasteiger partial charge in [0.1, 0.15) is 43.5 Å². The predicted octanol–water partition coefficient (Wildman–Crippen LogP) is 2.79. The van der Waals surface area contributed by atoms with Gasteiger partial charge in [0.2, 0.25) is 11.8 Å². The van der Waals surface area contributed by atoms with E-state index < -0.39 is 0 Å². The lowest BCUT2D eigenvalue weighted by atomic mass is 9.97. The SMILES string of the molecule is C=CCOc1ccc2c(c1)CCn1c-2cc(OCC2COCCO2)nc1=O.O=c1nc(OCC2COCCO2)cc2n1CCc1cc(O)ccc1-2. The molecular weight excluding hydrogens is 660 g/mol. The zero-order valence-electron chi connectivity index (χ0n) is 28.2. The average molecular weight is 701 g/mol. The quantitative estimate of drug-likeness (QED) is 0.256. The number of hydrogen-bond acceptors (Lipinski definition) is 12. The van der Waals surface area contributed by atoms with Crippen molar-refractivity contribution in [3.63, 3.8) is 0 Å². The average Bonchev–Trinajstić information content (AvgIpc) is 3.16. The van der Waals surface area contributed by atoms with E-state index in [1.807, 2.05) is 30.3 Å². The molecule has 2 atom stereocenters. The number of ether oxygens (including phenoxy) is 7. The second-order valence-electron chi connectivity index (χ2n) is 12.3. The lowest BCUT2D eigenvalue weighted by Crippen LogP contribution is -2.34. The molecule has 0 saturated carbocycles. The number of hydrogen-bond donors (Lipinski definition) is 1. The van der Waals surface area contributed by atoms with Gasteiger partial charge in [-0.15, -0.1) is 0 Å². The first kappa shape index (κ1) is 34.4. The first-order valence-corrected chi connectivity index (χ1v) is 17.0. The van der Waals surface area contributed by atoms with Gasteiger partial charge in [-0.05, 0) is 60.4 Å². The summed E-state index contributed by atoms with van der Waals surface area (Å²) in [4.78, 5) is 32.8. The summed E-state index contributed by atoms with van der Waals surface area (Å²) in [6.07, 6.45) is 2.86. The van der Waals surface area contributed by atoms with Crippen molar-refractivity contribution in [3.05, 3.63) is 93.3 Å². The van der Waals surface area contributed by atoms with Crippen LogP contribution >= 0.6 is 0 Å². The van der Waals surface area contributed by atoms with Gasteiger partial charge in [-0.1, -0.05) is 12.7 Å². The van der Waals surface area contributed by atoms with E-state index >= 15 is 0 Å². The summed E-state index contributed by atoms with van der Waals surface area (Å²) in [5.74, 6) is 1.61. The van der Waals surface area contributed by atoms with Crippen LogP contribution in [0.25, 0.3) is 22.5 Å². The van der Waals surface area contributed by atoms with E-state index in [4.69, 9.17) is 33.2 Å². The van der Waals surface area contributed by atoms with Crippen LogP contribution in [0.2, 0.25) is 0 Å². The van der Waals surface area contributed by atoms with Gasteiger partial charge in [0.25, 0.3) is 0 Å². The van der Waals surface area contributed by atoms with Gasteiger partial charge >= 0.3 is 11.4 Å². The van der Waals surface area contributed by atoms with E-state index in [0.717, 1.165) is 45.8 Å². The third kappa shape index (κ3) is 8.15. The molecule has 1 N–H and O–H groups in total. The number of aryl methyl sites for hydroxylation is 2. The summed E-state index contributed by atoms with van der Waals surface area (Å²) < 4.78 is 42.1. The van der Waals surface area contributed by atoms with Crippen LogP contribution in [0, 0.1) is 0 Å². The molecule has 2 unspecified atom stereocenters. The molecule has 2 saturated heterocycles. The van der Waals surface area contributed by atoms with Gasteiger partial charge in [0.15, 0.2) is 0 Å². The minimum absolute atomic E-state index is 0.142. The highest BCUT2D eigenvalue weighted by molar-refractivity contribution is 5.68. The molecule has 14 heteroatoms. The summed E-state index contributed by atoms with van der Waals surface area (Å²) in [6, 6.07) is 14.6. The van der Waals surface area contributed by atoms with Crippen molar-refractivity contribution >= 4 is 0 Å². The summed E-state index contributed by atoms with van der Waals surface area (Å²) in [6.45, 7) is 9.10. The van der Waals surface area contributed by atoms with Crippen molar-refractivity contribution in [2.45, 2.75) is 38.1 Å². The van der Waals surface area contributed by atoms with Crippen molar-refractivity contribution in [1.29, 1.82) is 0 Å². The molecule has 0 aliphatic carbocycles. The number of aromatic nitrogens is 4. The molecule has 2 aromatic carbocycles. The Hall–Kier alpha value is -5.02. The Bertz CT molecular complexity index is 1980. The van der Waals surface area contributed by atoms with Crippen molar-refractivity contribution in [2.75, 3.05) is 59.5 Å². The lowest BCUT2D eigenvalue weighted by Gasteiger charge is -2.24. The molecule has 0 amide bonds. The summed E-state index contributed by atoms with van der Waals surface area (Å²) >= 11 is 0. The lowest BCUT2D eigenvalue weighted by molar-refractivity contribution is -0.102. The van der Waals surface area contributed by atoms with Gasteiger partial charge in [0, 0.05) is 36.3 Å². The molecule has 0 radical (unpaired) electrons. The molecule has 14 nitrogen and oxygen atoms in total. The Kier molecular flexibility index (Phi) is 10.7. The highest BCUT2D eigenvalue weighted by atomic mass is 16.6. The topological polar surface area (TPSA) is 155 Å². The van der Waals surface area contributed by atoms with Crippen molar-refractivity contribution in [1.82, 2.24) is 19.1 Å². The summed E-state index contributed by atoms with van der Waals surface area (Å²) in [5, 5.41) is 9.64. The van der Waals surface area contributed by atoms with Crippen LogP contribution in [-0.4, -0.2) is 95.9 Å². The highest BCUT2D eigenvalue weighted by Crippen LogP contribution is 2.33. The fraction of sp³-hybridized carbons (Fsp3) is 0.405. The van der Waals surface area contributed by atoms with Crippen molar-refractivity contribution < 1.29 is 38.3 Å². The maximum absolute atomic E-state index is 12.4. The van der Waals surface area contributed by atoms with Crippen LogP contribution in [0.3, 0.4) is 0 Å². The molecule has 4 aliphatic heterocycles. The molecule has 2 aromatic heterocycles. The minimum Gasteiger partial charge on any atom is -0.508 e. The van der Waals surface area contributed by atoms with E-state index in [1.165, 1.54) is 0 Å². The van der Waals surface area contributed by atoms with Gasteiger partial charge in [0.05, 0.1) is 51.0 Å². The standard InChI is InChI=1S/C20H22N2O5.C17H18N2O5/c1-2-7-25-15-3-4-17-14(10-15)5-6-22-18(17)11-19(21-20(22)23)27-13-16-12-24-8-9-26-16;20-12-1-2-14-11(7-12)3-4-19-15(14)8-16(18-17(19)21)24-10-13-9-22-5-6-23-13/h2-4,10-11,16H,1,5-9,12-13H2;1-2,7-8,13,20H,3-6,9-10H2. The molecule has 0 bridgehead atoms. The maximum atomic E-state index is 12.4. The number of fused-ring (bicyclic) bond motifs is 6. The van der Waals surface area contributed by atoms with Crippen LogP contribution in [-0.2, 0) is 44.9 Å². The Labute approximate surface area is 293 Å².